The highest BCUT2D eigenvalue weighted by Crippen LogP contribution is 2.27. The highest BCUT2D eigenvalue weighted by atomic mass is 32.2. The lowest BCUT2D eigenvalue weighted by molar-refractivity contribution is -0.122. The molecule has 104 valence electrons. The Bertz CT molecular complexity index is 261. The first-order valence-corrected chi connectivity index (χ1v) is 8.45. The molecular weight excluding hydrogens is 244 g/mol. The second-order valence-electron chi connectivity index (χ2n) is 5.73. The maximum absolute atomic E-state index is 11.9. The highest BCUT2D eigenvalue weighted by molar-refractivity contribution is 8.00. The summed E-state index contributed by atoms with van der Waals surface area (Å²) < 4.78 is 0. The minimum atomic E-state index is -0.292. The smallest absolute Gasteiger partial charge is 0.236 e. The van der Waals surface area contributed by atoms with Crippen LogP contribution in [0.1, 0.15) is 51.4 Å². The average molecular weight is 270 g/mol. The van der Waals surface area contributed by atoms with E-state index in [0.29, 0.717) is 11.2 Å². The van der Waals surface area contributed by atoms with Gasteiger partial charge in [0.25, 0.3) is 0 Å². The van der Waals surface area contributed by atoms with Crippen molar-refractivity contribution in [3.63, 3.8) is 0 Å². The number of carbonyl (C=O) groups is 1. The summed E-state index contributed by atoms with van der Waals surface area (Å²) in [5.41, 5.74) is 6.01. The first-order valence-electron chi connectivity index (χ1n) is 7.40. The monoisotopic (exact) mass is 270 g/mol. The first-order chi connectivity index (χ1) is 8.75. The normalized spacial score (nSPS) is 27.1. The fourth-order valence-electron chi connectivity index (χ4n) is 3.04. The van der Waals surface area contributed by atoms with Crippen molar-refractivity contribution >= 4 is 17.7 Å². The van der Waals surface area contributed by atoms with Crippen LogP contribution in [-0.2, 0) is 4.79 Å². The van der Waals surface area contributed by atoms with E-state index in [9.17, 15) is 4.79 Å². The van der Waals surface area contributed by atoms with E-state index in [4.69, 9.17) is 5.73 Å². The van der Waals surface area contributed by atoms with E-state index >= 15 is 0 Å². The molecule has 2 unspecified atom stereocenters. The Morgan fingerprint density at radius 2 is 2.00 bits per heavy atom. The zero-order valence-electron chi connectivity index (χ0n) is 11.2. The van der Waals surface area contributed by atoms with E-state index in [1.54, 1.807) is 0 Å². The van der Waals surface area contributed by atoms with Gasteiger partial charge in [-0.2, -0.15) is 11.8 Å². The van der Waals surface area contributed by atoms with Gasteiger partial charge >= 0.3 is 0 Å². The molecule has 1 saturated carbocycles. The predicted molar refractivity (Wildman–Crippen MR) is 77.7 cm³/mol. The lowest BCUT2D eigenvalue weighted by Crippen LogP contribution is -2.43. The van der Waals surface area contributed by atoms with Crippen LogP contribution in [0.25, 0.3) is 0 Å². The van der Waals surface area contributed by atoms with Crippen LogP contribution < -0.4 is 11.1 Å². The van der Waals surface area contributed by atoms with Gasteiger partial charge in [-0.15, -0.1) is 0 Å². The molecule has 4 heteroatoms. The van der Waals surface area contributed by atoms with Crippen molar-refractivity contribution in [3.8, 4) is 0 Å². The number of nitrogens with one attached hydrogen (secondary N) is 1. The summed E-state index contributed by atoms with van der Waals surface area (Å²) in [7, 11) is 0. The second kappa shape index (κ2) is 7.39. The van der Waals surface area contributed by atoms with Gasteiger partial charge in [0.1, 0.15) is 0 Å². The third kappa shape index (κ3) is 4.47. The topological polar surface area (TPSA) is 55.1 Å². The maximum atomic E-state index is 11.9. The second-order valence-corrected chi connectivity index (χ2v) is 7.13. The van der Waals surface area contributed by atoms with E-state index in [1.165, 1.54) is 50.7 Å². The van der Waals surface area contributed by atoms with Gasteiger partial charge < -0.3 is 11.1 Å². The lowest BCUT2D eigenvalue weighted by atomic mass is 9.85. The molecule has 2 rings (SSSR count). The Balaban J connectivity index is 1.63. The minimum absolute atomic E-state index is 0.0630. The molecule has 1 amide bonds. The maximum Gasteiger partial charge on any atom is 0.236 e. The van der Waals surface area contributed by atoms with Gasteiger partial charge in [0, 0.05) is 11.8 Å². The molecule has 1 aliphatic carbocycles. The lowest BCUT2D eigenvalue weighted by Gasteiger charge is -2.24. The molecule has 0 radical (unpaired) electrons. The number of rotatable bonds is 5. The van der Waals surface area contributed by atoms with Crippen LogP contribution in [0.4, 0.5) is 0 Å². The van der Waals surface area contributed by atoms with Gasteiger partial charge in [0.15, 0.2) is 0 Å². The molecule has 0 aromatic carbocycles. The molecule has 18 heavy (non-hydrogen) atoms. The standard InChI is InChI=1S/C14H26N2OS/c15-13(9-11-5-2-1-3-6-11)14(17)16-10-12-7-4-8-18-12/h11-13H,1-10,15H2,(H,16,17). The van der Waals surface area contributed by atoms with E-state index in [-0.39, 0.29) is 11.9 Å². The quantitative estimate of drug-likeness (QED) is 0.806. The SMILES string of the molecule is NC(CC1CCCCC1)C(=O)NCC1CCCS1. The van der Waals surface area contributed by atoms with Crippen LogP contribution in [-0.4, -0.2) is 29.5 Å². The van der Waals surface area contributed by atoms with E-state index in [0.717, 1.165) is 13.0 Å². The van der Waals surface area contributed by atoms with E-state index in [1.807, 2.05) is 11.8 Å². The number of carbonyl (C=O) groups excluding carboxylic acids is 1. The van der Waals surface area contributed by atoms with Crippen molar-refractivity contribution in [1.29, 1.82) is 0 Å². The highest BCUT2D eigenvalue weighted by Gasteiger charge is 2.22. The molecule has 2 aliphatic rings. The van der Waals surface area contributed by atoms with Crippen LogP contribution in [0.2, 0.25) is 0 Å². The predicted octanol–water partition coefficient (Wildman–Crippen LogP) is 2.30. The zero-order valence-corrected chi connectivity index (χ0v) is 12.0. The zero-order chi connectivity index (χ0) is 12.8. The third-order valence-corrected chi connectivity index (χ3v) is 5.57. The van der Waals surface area contributed by atoms with Gasteiger partial charge in [-0.05, 0) is 30.9 Å². The Morgan fingerprint density at radius 1 is 1.22 bits per heavy atom. The van der Waals surface area contributed by atoms with E-state index < -0.39 is 0 Å². The minimum Gasteiger partial charge on any atom is -0.354 e. The fraction of sp³-hybridized carbons (Fsp3) is 0.929. The van der Waals surface area contributed by atoms with Crippen molar-refractivity contribution in [2.75, 3.05) is 12.3 Å². The summed E-state index contributed by atoms with van der Waals surface area (Å²) >= 11 is 1.98. The molecule has 0 aromatic rings. The Labute approximate surface area is 115 Å². The summed E-state index contributed by atoms with van der Waals surface area (Å²) in [5.74, 6) is 1.99. The van der Waals surface area contributed by atoms with Gasteiger partial charge in [0.2, 0.25) is 5.91 Å². The van der Waals surface area contributed by atoms with Crippen LogP contribution in [0.3, 0.4) is 0 Å². The molecule has 2 fully saturated rings. The molecule has 3 N–H and O–H groups in total. The summed E-state index contributed by atoms with van der Waals surface area (Å²) in [6, 6.07) is -0.292. The summed E-state index contributed by atoms with van der Waals surface area (Å²) in [4.78, 5) is 11.9. The van der Waals surface area contributed by atoms with Crippen LogP contribution in [0.5, 0.6) is 0 Å². The molecule has 1 heterocycles. The number of hydrogen-bond donors (Lipinski definition) is 2. The molecule has 0 bridgehead atoms. The van der Waals surface area contributed by atoms with Crippen LogP contribution in [0, 0.1) is 5.92 Å². The molecule has 3 nitrogen and oxygen atoms in total. The Morgan fingerprint density at radius 3 is 2.67 bits per heavy atom. The largest absolute Gasteiger partial charge is 0.354 e. The average Bonchev–Trinajstić information content (AvgIpc) is 2.90. The number of nitrogens with two attached hydrogens (primary N) is 1. The first kappa shape index (κ1) is 14.2. The van der Waals surface area contributed by atoms with Crippen molar-refractivity contribution in [2.24, 2.45) is 11.7 Å². The summed E-state index contributed by atoms with van der Waals surface area (Å²) in [6.45, 7) is 0.807. The van der Waals surface area contributed by atoms with Crippen molar-refractivity contribution in [3.05, 3.63) is 0 Å². The molecular formula is C14H26N2OS. The van der Waals surface area contributed by atoms with E-state index in [2.05, 4.69) is 5.32 Å². The molecule has 0 aromatic heterocycles. The molecule has 1 aliphatic heterocycles. The number of amides is 1. The summed E-state index contributed by atoms with van der Waals surface area (Å²) in [5, 5.41) is 3.65. The Kier molecular flexibility index (Phi) is 5.83. The van der Waals surface area contributed by atoms with Crippen molar-refractivity contribution in [1.82, 2.24) is 5.32 Å². The number of thioether (sulfide) groups is 1. The molecule has 0 spiro atoms. The fourth-order valence-corrected chi connectivity index (χ4v) is 4.24. The Hall–Kier alpha value is -0.220. The van der Waals surface area contributed by atoms with Crippen LogP contribution in [0.15, 0.2) is 0 Å². The van der Waals surface area contributed by atoms with Gasteiger partial charge in [-0.1, -0.05) is 32.1 Å². The van der Waals surface area contributed by atoms with Crippen LogP contribution >= 0.6 is 11.8 Å². The number of hydrogen-bond acceptors (Lipinski definition) is 3. The van der Waals surface area contributed by atoms with Crippen molar-refractivity contribution < 1.29 is 4.79 Å². The molecule has 1 saturated heterocycles. The van der Waals surface area contributed by atoms with Gasteiger partial charge in [-0.25, -0.2) is 0 Å². The molecule has 2 atom stereocenters. The van der Waals surface area contributed by atoms with Crippen molar-refractivity contribution in [2.45, 2.75) is 62.7 Å². The third-order valence-electron chi connectivity index (χ3n) is 4.18. The van der Waals surface area contributed by atoms with Gasteiger partial charge in [-0.3, -0.25) is 4.79 Å². The van der Waals surface area contributed by atoms with Gasteiger partial charge in [0.05, 0.1) is 6.04 Å². The summed E-state index contributed by atoms with van der Waals surface area (Å²) in [6.07, 6.45) is 9.93.